The number of nitrogens with zero attached hydrogens (tertiary/aromatic N) is 2. The van der Waals surface area contributed by atoms with Gasteiger partial charge in [-0.2, -0.15) is 0 Å². The van der Waals surface area contributed by atoms with Crippen molar-refractivity contribution in [1.82, 2.24) is 9.55 Å². The predicted octanol–water partition coefficient (Wildman–Crippen LogP) is 2.29. The zero-order valence-corrected chi connectivity index (χ0v) is 10.7. The molecule has 0 aliphatic rings. The fourth-order valence-electron chi connectivity index (χ4n) is 1.84. The molecule has 0 saturated carbocycles. The molecule has 1 aromatic heterocycles. The van der Waals surface area contributed by atoms with Gasteiger partial charge in [0.05, 0.1) is 13.0 Å². The van der Waals surface area contributed by atoms with Gasteiger partial charge in [-0.25, -0.2) is 4.98 Å². The van der Waals surface area contributed by atoms with Crippen molar-refractivity contribution >= 4 is 5.97 Å². The van der Waals surface area contributed by atoms with Crippen molar-refractivity contribution in [2.75, 3.05) is 6.61 Å². The second kappa shape index (κ2) is 6.04. The van der Waals surface area contributed by atoms with Crippen molar-refractivity contribution in [2.24, 2.45) is 0 Å². The zero-order valence-electron chi connectivity index (χ0n) is 10.7. The average Bonchev–Trinajstić information content (AvgIpc) is 2.86. The Balaban J connectivity index is 2.17. The summed E-state index contributed by atoms with van der Waals surface area (Å²) in [5, 5.41) is 8.72. The maximum absolute atomic E-state index is 10.6. The van der Waals surface area contributed by atoms with Crippen LogP contribution in [0.4, 0.5) is 0 Å². The number of carbonyl (C=O) groups is 1. The molecule has 0 aliphatic carbocycles. The van der Waals surface area contributed by atoms with Gasteiger partial charge in [-0.15, -0.1) is 0 Å². The van der Waals surface area contributed by atoms with Gasteiger partial charge in [0, 0.05) is 24.5 Å². The van der Waals surface area contributed by atoms with Crippen LogP contribution >= 0.6 is 0 Å². The van der Waals surface area contributed by atoms with Crippen LogP contribution in [0, 0.1) is 0 Å². The molecule has 0 bridgehead atoms. The van der Waals surface area contributed by atoms with Crippen molar-refractivity contribution in [2.45, 2.75) is 19.8 Å². The summed E-state index contributed by atoms with van der Waals surface area (Å²) in [6.45, 7) is 2.57. The minimum Gasteiger partial charge on any atom is -0.494 e. The minimum atomic E-state index is -0.818. The summed E-state index contributed by atoms with van der Waals surface area (Å²) in [6, 6.07) is 7.63. The molecule has 2 rings (SSSR count). The standard InChI is InChI=1S/C14H16N2O3/c1-2-19-12-5-3-11(4-6-12)16-10-9-15-13(16)7-8-14(17)18/h3-6,9-10H,2,7-8H2,1H3,(H,17,18). The molecule has 0 atom stereocenters. The number of aromatic nitrogens is 2. The van der Waals surface area contributed by atoms with Gasteiger partial charge in [0.15, 0.2) is 0 Å². The summed E-state index contributed by atoms with van der Waals surface area (Å²) in [7, 11) is 0. The number of ether oxygens (including phenoxy) is 1. The first-order valence-corrected chi connectivity index (χ1v) is 6.18. The Labute approximate surface area is 111 Å². The van der Waals surface area contributed by atoms with Crippen LogP contribution in [0.2, 0.25) is 0 Å². The third-order valence-corrected chi connectivity index (χ3v) is 2.71. The van der Waals surface area contributed by atoms with Crippen LogP contribution in [0.25, 0.3) is 5.69 Å². The smallest absolute Gasteiger partial charge is 0.303 e. The highest BCUT2D eigenvalue weighted by molar-refractivity contribution is 5.66. The number of aryl methyl sites for hydroxylation is 1. The molecule has 2 aromatic rings. The van der Waals surface area contributed by atoms with Gasteiger partial charge < -0.3 is 14.4 Å². The van der Waals surface area contributed by atoms with Gasteiger partial charge in [-0.3, -0.25) is 4.79 Å². The van der Waals surface area contributed by atoms with Gasteiger partial charge in [0.25, 0.3) is 0 Å². The molecule has 100 valence electrons. The van der Waals surface area contributed by atoms with Gasteiger partial charge in [-0.1, -0.05) is 0 Å². The summed E-state index contributed by atoms with van der Waals surface area (Å²) in [5.74, 6) is 0.742. The van der Waals surface area contributed by atoms with Gasteiger partial charge in [-0.05, 0) is 31.2 Å². The lowest BCUT2D eigenvalue weighted by molar-refractivity contribution is -0.137. The van der Waals surface area contributed by atoms with E-state index in [-0.39, 0.29) is 6.42 Å². The molecule has 0 radical (unpaired) electrons. The largest absolute Gasteiger partial charge is 0.494 e. The Kier molecular flexibility index (Phi) is 4.18. The molecule has 1 heterocycles. The lowest BCUT2D eigenvalue weighted by Crippen LogP contribution is -2.04. The zero-order chi connectivity index (χ0) is 13.7. The van der Waals surface area contributed by atoms with Crippen molar-refractivity contribution in [1.29, 1.82) is 0 Å². The van der Waals surface area contributed by atoms with E-state index in [1.807, 2.05) is 42.0 Å². The van der Waals surface area contributed by atoms with E-state index in [0.29, 0.717) is 13.0 Å². The SMILES string of the molecule is CCOc1ccc(-n2ccnc2CCC(=O)O)cc1. The van der Waals surface area contributed by atoms with Crippen molar-refractivity contribution in [3.63, 3.8) is 0 Å². The fraction of sp³-hybridized carbons (Fsp3) is 0.286. The third kappa shape index (κ3) is 3.34. The van der Waals surface area contributed by atoms with E-state index in [0.717, 1.165) is 17.3 Å². The fourth-order valence-corrected chi connectivity index (χ4v) is 1.84. The van der Waals surface area contributed by atoms with E-state index < -0.39 is 5.97 Å². The van der Waals surface area contributed by atoms with E-state index in [1.165, 1.54) is 0 Å². The molecule has 1 N–H and O–H groups in total. The Hall–Kier alpha value is -2.30. The highest BCUT2D eigenvalue weighted by Crippen LogP contribution is 2.17. The highest BCUT2D eigenvalue weighted by Gasteiger charge is 2.07. The summed E-state index contributed by atoms with van der Waals surface area (Å²) in [4.78, 5) is 14.8. The molecule has 19 heavy (non-hydrogen) atoms. The highest BCUT2D eigenvalue weighted by atomic mass is 16.5. The van der Waals surface area contributed by atoms with Crippen molar-refractivity contribution < 1.29 is 14.6 Å². The first-order chi connectivity index (χ1) is 9.20. The van der Waals surface area contributed by atoms with E-state index in [2.05, 4.69) is 4.98 Å². The number of hydrogen-bond acceptors (Lipinski definition) is 3. The van der Waals surface area contributed by atoms with E-state index >= 15 is 0 Å². The Bertz CT molecular complexity index is 546. The second-order valence-corrected chi connectivity index (χ2v) is 4.03. The summed E-state index contributed by atoms with van der Waals surface area (Å²) in [5.41, 5.74) is 0.946. The maximum Gasteiger partial charge on any atom is 0.303 e. The summed E-state index contributed by atoms with van der Waals surface area (Å²) < 4.78 is 7.27. The lowest BCUT2D eigenvalue weighted by atomic mass is 10.2. The van der Waals surface area contributed by atoms with Crippen LogP contribution in [0.15, 0.2) is 36.7 Å². The van der Waals surface area contributed by atoms with E-state index in [1.54, 1.807) is 6.20 Å². The second-order valence-electron chi connectivity index (χ2n) is 4.03. The lowest BCUT2D eigenvalue weighted by Gasteiger charge is -2.08. The van der Waals surface area contributed by atoms with Crippen molar-refractivity contribution in [3.05, 3.63) is 42.5 Å². The number of benzene rings is 1. The molecular weight excluding hydrogens is 244 g/mol. The summed E-state index contributed by atoms with van der Waals surface area (Å²) >= 11 is 0. The van der Waals surface area contributed by atoms with Crippen LogP contribution in [-0.2, 0) is 11.2 Å². The monoisotopic (exact) mass is 260 g/mol. The average molecular weight is 260 g/mol. The van der Waals surface area contributed by atoms with E-state index in [9.17, 15) is 4.79 Å². The Morgan fingerprint density at radius 3 is 2.74 bits per heavy atom. The first kappa shape index (κ1) is 13.1. The molecule has 0 aliphatic heterocycles. The van der Waals surface area contributed by atoms with Crippen molar-refractivity contribution in [3.8, 4) is 11.4 Å². The molecule has 5 nitrogen and oxygen atoms in total. The van der Waals surface area contributed by atoms with Crippen LogP contribution < -0.4 is 4.74 Å². The van der Waals surface area contributed by atoms with Crippen LogP contribution in [-0.4, -0.2) is 27.2 Å². The number of hydrogen-bond donors (Lipinski definition) is 1. The molecule has 5 heteroatoms. The molecule has 0 unspecified atom stereocenters. The summed E-state index contributed by atoms with van der Waals surface area (Å²) in [6.07, 6.45) is 3.99. The predicted molar refractivity (Wildman–Crippen MR) is 70.7 cm³/mol. The van der Waals surface area contributed by atoms with Gasteiger partial charge >= 0.3 is 5.97 Å². The first-order valence-electron chi connectivity index (χ1n) is 6.18. The van der Waals surface area contributed by atoms with Gasteiger partial charge in [0.1, 0.15) is 11.6 Å². The third-order valence-electron chi connectivity index (χ3n) is 2.71. The molecule has 0 fully saturated rings. The number of imidazole rings is 1. The minimum absolute atomic E-state index is 0.0774. The molecule has 0 saturated heterocycles. The van der Waals surface area contributed by atoms with Gasteiger partial charge in [0.2, 0.25) is 0 Å². The normalized spacial score (nSPS) is 10.4. The molecule has 1 aromatic carbocycles. The van der Waals surface area contributed by atoms with E-state index in [4.69, 9.17) is 9.84 Å². The number of carboxylic acid groups (broad SMARTS) is 1. The molecule has 0 amide bonds. The Morgan fingerprint density at radius 1 is 1.37 bits per heavy atom. The maximum atomic E-state index is 10.6. The molecule has 0 spiro atoms. The topological polar surface area (TPSA) is 64.4 Å². The molecular formula is C14H16N2O3. The number of rotatable bonds is 6. The Morgan fingerprint density at radius 2 is 2.11 bits per heavy atom. The van der Waals surface area contributed by atoms with Crippen LogP contribution in [0.1, 0.15) is 19.2 Å². The van der Waals surface area contributed by atoms with Crippen LogP contribution in [0.5, 0.6) is 5.75 Å². The van der Waals surface area contributed by atoms with Crippen LogP contribution in [0.3, 0.4) is 0 Å². The number of carboxylic acids is 1. The quantitative estimate of drug-likeness (QED) is 0.865. The number of aliphatic carboxylic acids is 1.